The first-order valence-electron chi connectivity index (χ1n) is 3.68. The predicted molar refractivity (Wildman–Crippen MR) is 45.6 cm³/mol. The van der Waals surface area contributed by atoms with Crippen LogP contribution in [0.3, 0.4) is 0 Å². The monoisotopic (exact) mass is 146 g/mol. The van der Waals surface area contributed by atoms with Crippen LogP contribution < -0.4 is 0 Å². The maximum atomic E-state index is 4.22. The van der Waals surface area contributed by atoms with E-state index in [4.69, 9.17) is 0 Å². The van der Waals surface area contributed by atoms with Gasteiger partial charge < -0.3 is 4.98 Å². The van der Waals surface area contributed by atoms with Crippen molar-refractivity contribution < 1.29 is 0 Å². The Bertz CT molecular complexity index is 387. The van der Waals surface area contributed by atoms with Crippen molar-refractivity contribution in [3.8, 4) is 0 Å². The van der Waals surface area contributed by atoms with Gasteiger partial charge in [-0.15, -0.1) is 0 Å². The number of nitrogens with one attached hydrogen (secondary N) is 1. The zero-order valence-electron chi connectivity index (χ0n) is 6.68. The SMILES string of the molecule is Cc1cc2[nH]cc(C)c2cn1. The fourth-order valence-electron chi connectivity index (χ4n) is 1.26. The number of fused-ring (bicyclic) bond motifs is 1. The molecular formula is C9H10N2. The molecule has 0 saturated carbocycles. The molecule has 0 radical (unpaired) electrons. The number of aryl methyl sites for hydroxylation is 2. The Morgan fingerprint density at radius 1 is 1.36 bits per heavy atom. The minimum Gasteiger partial charge on any atom is -0.361 e. The number of aromatic amines is 1. The Kier molecular flexibility index (Phi) is 1.22. The third-order valence-corrected chi connectivity index (χ3v) is 1.91. The minimum atomic E-state index is 1.05. The molecule has 56 valence electrons. The highest BCUT2D eigenvalue weighted by atomic mass is 14.7. The third kappa shape index (κ3) is 0.909. The summed E-state index contributed by atoms with van der Waals surface area (Å²) in [6.45, 7) is 4.07. The van der Waals surface area contributed by atoms with E-state index in [1.807, 2.05) is 19.3 Å². The van der Waals surface area contributed by atoms with E-state index in [1.54, 1.807) is 0 Å². The second-order valence-electron chi connectivity index (χ2n) is 2.84. The van der Waals surface area contributed by atoms with E-state index in [-0.39, 0.29) is 0 Å². The highest BCUT2D eigenvalue weighted by Gasteiger charge is 1.98. The van der Waals surface area contributed by atoms with Crippen LogP contribution in [0, 0.1) is 13.8 Å². The molecule has 0 aliphatic carbocycles. The van der Waals surface area contributed by atoms with Gasteiger partial charge in [-0.1, -0.05) is 0 Å². The summed E-state index contributed by atoms with van der Waals surface area (Å²) >= 11 is 0. The molecule has 0 fully saturated rings. The molecule has 0 saturated heterocycles. The van der Waals surface area contributed by atoms with Gasteiger partial charge in [-0.25, -0.2) is 0 Å². The molecule has 0 aromatic carbocycles. The lowest BCUT2D eigenvalue weighted by molar-refractivity contribution is 1.22. The molecule has 2 nitrogen and oxygen atoms in total. The molecule has 2 aromatic heterocycles. The summed E-state index contributed by atoms with van der Waals surface area (Å²) in [6.07, 6.45) is 3.92. The summed E-state index contributed by atoms with van der Waals surface area (Å²) in [5.74, 6) is 0. The molecular weight excluding hydrogens is 136 g/mol. The lowest BCUT2D eigenvalue weighted by atomic mass is 10.2. The number of hydrogen-bond acceptors (Lipinski definition) is 1. The van der Waals surface area contributed by atoms with Gasteiger partial charge in [-0.3, -0.25) is 4.98 Å². The van der Waals surface area contributed by atoms with Crippen molar-refractivity contribution in [2.24, 2.45) is 0 Å². The molecule has 2 rings (SSSR count). The number of pyridine rings is 1. The second-order valence-corrected chi connectivity index (χ2v) is 2.84. The second kappa shape index (κ2) is 2.09. The molecule has 2 heterocycles. The summed E-state index contributed by atoms with van der Waals surface area (Å²) in [6, 6.07) is 2.06. The van der Waals surface area contributed by atoms with Gasteiger partial charge in [-0.2, -0.15) is 0 Å². The first-order valence-corrected chi connectivity index (χ1v) is 3.68. The van der Waals surface area contributed by atoms with Crippen LogP contribution in [0.25, 0.3) is 10.9 Å². The first kappa shape index (κ1) is 6.40. The predicted octanol–water partition coefficient (Wildman–Crippen LogP) is 2.18. The fourth-order valence-corrected chi connectivity index (χ4v) is 1.26. The normalized spacial score (nSPS) is 10.7. The third-order valence-electron chi connectivity index (χ3n) is 1.91. The van der Waals surface area contributed by atoms with Gasteiger partial charge in [0.2, 0.25) is 0 Å². The van der Waals surface area contributed by atoms with E-state index < -0.39 is 0 Å². The standard InChI is InChI=1S/C9H10N2/c1-6-4-11-9-3-7(2)10-5-8(6)9/h3-5,11H,1-2H3. The number of rotatable bonds is 0. The number of aromatic nitrogens is 2. The van der Waals surface area contributed by atoms with Gasteiger partial charge in [0.1, 0.15) is 0 Å². The lowest BCUT2D eigenvalue weighted by Crippen LogP contribution is -1.78. The van der Waals surface area contributed by atoms with Gasteiger partial charge in [-0.05, 0) is 25.5 Å². The van der Waals surface area contributed by atoms with Gasteiger partial charge in [0.25, 0.3) is 0 Å². The quantitative estimate of drug-likeness (QED) is 0.606. The van der Waals surface area contributed by atoms with Crippen LogP contribution in [0.5, 0.6) is 0 Å². The highest BCUT2D eigenvalue weighted by molar-refractivity contribution is 5.82. The van der Waals surface area contributed by atoms with Crippen LogP contribution in [-0.4, -0.2) is 9.97 Å². The van der Waals surface area contributed by atoms with Crippen molar-refractivity contribution in [2.75, 3.05) is 0 Å². The molecule has 0 aliphatic rings. The van der Waals surface area contributed by atoms with E-state index in [9.17, 15) is 0 Å². The van der Waals surface area contributed by atoms with E-state index in [2.05, 4.69) is 23.0 Å². The van der Waals surface area contributed by atoms with E-state index in [1.165, 1.54) is 16.5 Å². The summed E-state index contributed by atoms with van der Waals surface area (Å²) < 4.78 is 0. The Morgan fingerprint density at radius 3 is 3.00 bits per heavy atom. The molecule has 0 unspecified atom stereocenters. The van der Waals surface area contributed by atoms with Crippen LogP contribution in [0.4, 0.5) is 0 Å². The Labute approximate surface area is 65.3 Å². The molecule has 0 aliphatic heterocycles. The molecule has 2 aromatic rings. The largest absolute Gasteiger partial charge is 0.361 e. The van der Waals surface area contributed by atoms with E-state index >= 15 is 0 Å². The van der Waals surface area contributed by atoms with Crippen molar-refractivity contribution >= 4 is 10.9 Å². The molecule has 2 heteroatoms. The average Bonchev–Trinajstić information content (AvgIpc) is 2.32. The number of H-pyrrole nitrogens is 1. The highest BCUT2D eigenvalue weighted by Crippen LogP contribution is 2.15. The summed E-state index contributed by atoms with van der Waals surface area (Å²) in [7, 11) is 0. The average molecular weight is 146 g/mol. The van der Waals surface area contributed by atoms with Crippen LogP contribution in [-0.2, 0) is 0 Å². The molecule has 0 bridgehead atoms. The zero-order chi connectivity index (χ0) is 7.84. The number of hydrogen-bond donors (Lipinski definition) is 1. The molecule has 0 spiro atoms. The molecule has 11 heavy (non-hydrogen) atoms. The Balaban J connectivity index is 2.86. The molecule has 1 N–H and O–H groups in total. The summed E-state index contributed by atoms with van der Waals surface area (Å²) in [5, 5.41) is 1.22. The maximum absolute atomic E-state index is 4.22. The van der Waals surface area contributed by atoms with Crippen LogP contribution in [0.2, 0.25) is 0 Å². The van der Waals surface area contributed by atoms with Gasteiger partial charge in [0.15, 0.2) is 0 Å². The van der Waals surface area contributed by atoms with E-state index in [0.29, 0.717) is 0 Å². The topological polar surface area (TPSA) is 28.7 Å². The van der Waals surface area contributed by atoms with Gasteiger partial charge in [0.05, 0.1) is 0 Å². The Morgan fingerprint density at radius 2 is 2.18 bits per heavy atom. The van der Waals surface area contributed by atoms with Gasteiger partial charge >= 0.3 is 0 Å². The smallest absolute Gasteiger partial charge is 0.0490 e. The first-order chi connectivity index (χ1) is 5.27. The number of nitrogens with zero attached hydrogens (tertiary/aromatic N) is 1. The van der Waals surface area contributed by atoms with Crippen LogP contribution in [0.1, 0.15) is 11.3 Å². The van der Waals surface area contributed by atoms with Crippen molar-refractivity contribution in [3.05, 3.63) is 29.7 Å². The van der Waals surface area contributed by atoms with Crippen LogP contribution in [0.15, 0.2) is 18.5 Å². The lowest BCUT2D eigenvalue weighted by Gasteiger charge is -1.91. The molecule has 0 amide bonds. The van der Waals surface area contributed by atoms with Crippen molar-refractivity contribution in [1.29, 1.82) is 0 Å². The van der Waals surface area contributed by atoms with Crippen LogP contribution >= 0.6 is 0 Å². The Hall–Kier alpha value is -1.31. The van der Waals surface area contributed by atoms with Gasteiger partial charge in [0, 0.05) is 29.0 Å². The molecule has 0 atom stereocenters. The zero-order valence-corrected chi connectivity index (χ0v) is 6.68. The fraction of sp³-hybridized carbons (Fsp3) is 0.222. The van der Waals surface area contributed by atoms with Crippen molar-refractivity contribution in [2.45, 2.75) is 13.8 Å². The van der Waals surface area contributed by atoms with E-state index in [0.717, 1.165) is 5.69 Å². The summed E-state index contributed by atoms with van der Waals surface area (Å²) in [4.78, 5) is 7.41. The van der Waals surface area contributed by atoms with Crippen molar-refractivity contribution in [1.82, 2.24) is 9.97 Å². The van der Waals surface area contributed by atoms with Crippen molar-refractivity contribution in [3.63, 3.8) is 0 Å². The minimum absolute atomic E-state index is 1.05. The maximum Gasteiger partial charge on any atom is 0.0490 e. The summed E-state index contributed by atoms with van der Waals surface area (Å²) in [5.41, 5.74) is 3.49.